The molecule has 0 radical (unpaired) electrons. The fourth-order valence-electron chi connectivity index (χ4n) is 2.28. The normalized spacial score (nSPS) is 11.7. The lowest BCUT2D eigenvalue weighted by molar-refractivity contribution is 0.422. The van der Waals surface area contributed by atoms with Gasteiger partial charge in [0, 0.05) is 30.4 Å². The number of hydrogen-bond acceptors (Lipinski definition) is 3. The summed E-state index contributed by atoms with van der Waals surface area (Å²) in [7, 11) is 2.10. The summed E-state index contributed by atoms with van der Waals surface area (Å²) < 4.78 is 5.68. The Morgan fingerprint density at radius 1 is 1.19 bits per heavy atom. The zero-order chi connectivity index (χ0) is 15.5. The van der Waals surface area contributed by atoms with E-state index in [-0.39, 0.29) is 5.54 Å². The van der Waals surface area contributed by atoms with E-state index < -0.39 is 0 Å². The molecule has 1 heterocycles. The molecule has 0 fully saturated rings. The smallest absolute Gasteiger partial charge is 0.123 e. The Labute approximate surface area is 128 Å². The second-order valence-corrected chi connectivity index (χ2v) is 6.67. The maximum absolute atomic E-state index is 5.68. The Morgan fingerprint density at radius 2 is 1.90 bits per heavy atom. The average molecular weight is 286 g/mol. The van der Waals surface area contributed by atoms with Crippen molar-refractivity contribution in [3.63, 3.8) is 0 Å². The van der Waals surface area contributed by atoms with Crippen molar-refractivity contribution in [3.05, 3.63) is 53.5 Å². The number of anilines is 1. The summed E-state index contributed by atoms with van der Waals surface area (Å²) in [5.74, 6) is 0.992. The number of hydrogen-bond donors (Lipinski definition) is 1. The summed E-state index contributed by atoms with van der Waals surface area (Å²) in [5.41, 5.74) is 3.83. The van der Waals surface area contributed by atoms with Crippen molar-refractivity contribution >= 4 is 5.69 Å². The average Bonchev–Trinajstić information content (AvgIpc) is 2.83. The monoisotopic (exact) mass is 286 g/mol. The summed E-state index contributed by atoms with van der Waals surface area (Å²) >= 11 is 0. The molecule has 0 amide bonds. The molecule has 0 bridgehead atoms. The van der Waals surface area contributed by atoms with E-state index in [4.69, 9.17) is 4.42 Å². The predicted octanol–water partition coefficient (Wildman–Crippen LogP) is 4.11. The second-order valence-electron chi connectivity index (χ2n) is 6.67. The Kier molecular flexibility index (Phi) is 4.73. The van der Waals surface area contributed by atoms with Gasteiger partial charge in [-0.1, -0.05) is 18.2 Å². The highest BCUT2D eigenvalue weighted by atomic mass is 16.3. The fourth-order valence-corrected chi connectivity index (χ4v) is 2.28. The zero-order valence-corrected chi connectivity index (χ0v) is 13.7. The summed E-state index contributed by atoms with van der Waals surface area (Å²) in [6.07, 6.45) is 1.85. The Bertz CT molecular complexity index is 581. The molecule has 0 saturated carbocycles. The topological polar surface area (TPSA) is 28.4 Å². The van der Waals surface area contributed by atoms with E-state index >= 15 is 0 Å². The molecule has 1 N–H and O–H groups in total. The molecule has 3 nitrogen and oxygen atoms in total. The van der Waals surface area contributed by atoms with Crippen molar-refractivity contribution in [1.29, 1.82) is 0 Å². The highest BCUT2D eigenvalue weighted by Crippen LogP contribution is 2.20. The molecule has 2 rings (SSSR count). The molecular weight excluding hydrogens is 260 g/mol. The van der Waals surface area contributed by atoms with Crippen molar-refractivity contribution in [3.8, 4) is 0 Å². The largest absolute Gasteiger partial charge is 0.467 e. The Morgan fingerprint density at radius 3 is 2.57 bits per heavy atom. The maximum Gasteiger partial charge on any atom is 0.123 e. The van der Waals surface area contributed by atoms with Gasteiger partial charge in [0.15, 0.2) is 0 Å². The van der Waals surface area contributed by atoms with Crippen molar-refractivity contribution in [1.82, 2.24) is 5.32 Å². The second kappa shape index (κ2) is 6.35. The summed E-state index contributed by atoms with van der Waals surface area (Å²) in [4.78, 5) is 2.22. The van der Waals surface area contributed by atoms with E-state index in [1.807, 2.05) is 6.26 Å². The van der Waals surface area contributed by atoms with E-state index in [1.54, 1.807) is 0 Å². The van der Waals surface area contributed by atoms with Gasteiger partial charge in [-0.25, -0.2) is 0 Å². The SMILES string of the molecule is Cc1ccccc1N(C)Cc1cc(CNC(C)(C)C)co1. The molecule has 1 aromatic heterocycles. The lowest BCUT2D eigenvalue weighted by Gasteiger charge is -2.20. The van der Waals surface area contributed by atoms with Crippen LogP contribution in [0.5, 0.6) is 0 Å². The van der Waals surface area contributed by atoms with Crippen molar-refractivity contribution in [2.75, 3.05) is 11.9 Å². The summed E-state index contributed by atoms with van der Waals surface area (Å²) in [6.45, 7) is 10.2. The van der Waals surface area contributed by atoms with Gasteiger partial charge < -0.3 is 14.6 Å². The minimum absolute atomic E-state index is 0.120. The number of benzene rings is 1. The molecule has 1 aromatic carbocycles. The molecule has 3 heteroatoms. The van der Waals surface area contributed by atoms with Gasteiger partial charge >= 0.3 is 0 Å². The first-order chi connectivity index (χ1) is 9.85. The van der Waals surface area contributed by atoms with Gasteiger partial charge in [0.25, 0.3) is 0 Å². The molecule has 21 heavy (non-hydrogen) atoms. The van der Waals surface area contributed by atoms with Gasteiger partial charge in [-0.15, -0.1) is 0 Å². The lowest BCUT2D eigenvalue weighted by atomic mass is 10.1. The number of rotatable bonds is 5. The van der Waals surface area contributed by atoms with Gasteiger partial charge in [0.2, 0.25) is 0 Å². The third kappa shape index (κ3) is 4.64. The van der Waals surface area contributed by atoms with Crippen LogP contribution in [-0.4, -0.2) is 12.6 Å². The molecule has 0 aliphatic heterocycles. The van der Waals surface area contributed by atoms with Crippen LogP contribution in [0.2, 0.25) is 0 Å². The molecule has 2 aromatic rings. The minimum atomic E-state index is 0.120. The lowest BCUT2D eigenvalue weighted by Crippen LogP contribution is -2.34. The van der Waals surface area contributed by atoms with Crippen LogP contribution in [0, 0.1) is 6.92 Å². The molecule has 0 unspecified atom stereocenters. The highest BCUT2D eigenvalue weighted by Gasteiger charge is 2.11. The van der Waals surface area contributed by atoms with Crippen molar-refractivity contribution in [2.45, 2.75) is 46.3 Å². The van der Waals surface area contributed by atoms with Crippen LogP contribution in [0.4, 0.5) is 5.69 Å². The van der Waals surface area contributed by atoms with E-state index in [0.29, 0.717) is 0 Å². The van der Waals surface area contributed by atoms with E-state index in [1.165, 1.54) is 16.8 Å². The molecule has 0 spiro atoms. The molecule has 0 aliphatic rings. The van der Waals surface area contributed by atoms with Crippen LogP contribution < -0.4 is 10.2 Å². The number of aryl methyl sites for hydroxylation is 1. The van der Waals surface area contributed by atoms with Crippen LogP contribution in [0.25, 0.3) is 0 Å². The molecule has 0 saturated heterocycles. The number of furan rings is 1. The van der Waals surface area contributed by atoms with Crippen LogP contribution in [0.15, 0.2) is 41.0 Å². The van der Waals surface area contributed by atoms with Crippen LogP contribution >= 0.6 is 0 Å². The minimum Gasteiger partial charge on any atom is -0.467 e. The van der Waals surface area contributed by atoms with Crippen molar-refractivity contribution in [2.24, 2.45) is 0 Å². The quantitative estimate of drug-likeness (QED) is 0.896. The standard InChI is InChI=1S/C18H26N2O/c1-14-8-6-7-9-17(14)20(5)12-16-10-15(13-21-16)11-19-18(2,3)4/h6-10,13,19H,11-12H2,1-5H3. The zero-order valence-electron chi connectivity index (χ0n) is 13.7. The van der Waals surface area contributed by atoms with Gasteiger partial charge in [-0.3, -0.25) is 0 Å². The van der Waals surface area contributed by atoms with E-state index in [9.17, 15) is 0 Å². The molecular formula is C18H26N2O. The molecule has 0 atom stereocenters. The first kappa shape index (κ1) is 15.6. The molecule has 0 aliphatic carbocycles. The number of nitrogens with one attached hydrogen (secondary N) is 1. The van der Waals surface area contributed by atoms with Crippen LogP contribution in [-0.2, 0) is 13.1 Å². The predicted molar refractivity (Wildman–Crippen MR) is 88.6 cm³/mol. The van der Waals surface area contributed by atoms with E-state index in [2.05, 4.69) is 75.3 Å². The Hall–Kier alpha value is -1.74. The van der Waals surface area contributed by atoms with Gasteiger partial charge in [-0.05, 0) is 45.4 Å². The highest BCUT2D eigenvalue weighted by molar-refractivity contribution is 5.52. The van der Waals surface area contributed by atoms with Gasteiger partial charge in [-0.2, -0.15) is 0 Å². The number of para-hydroxylation sites is 1. The van der Waals surface area contributed by atoms with Gasteiger partial charge in [0.1, 0.15) is 5.76 Å². The summed E-state index contributed by atoms with van der Waals surface area (Å²) in [5, 5.41) is 3.47. The van der Waals surface area contributed by atoms with E-state index in [0.717, 1.165) is 18.8 Å². The Balaban J connectivity index is 1.98. The third-order valence-electron chi connectivity index (χ3n) is 3.45. The van der Waals surface area contributed by atoms with Crippen LogP contribution in [0.3, 0.4) is 0 Å². The fraction of sp³-hybridized carbons (Fsp3) is 0.444. The molecule has 114 valence electrons. The van der Waals surface area contributed by atoms with Crippen molar-refractivity contribution < 1.29 is 4.42 Å². The summed E-state index contributed by atoms with van der Waals surface area (Å²) in [6, 6.07) is 10.5. The third-order valence-corrected chi connectivity index (χ3v) is 3.45. The van der Waals surface area contributed by atoms with Crippen LogP contribution in [0.1, 0.15) is 37.7 Å². The first-order valence-electron chi connectivity index (χ1n) is 7.43. The maximum atomic E-state index is 5.68. The number of nitrogens with zero attached hydrogens (tertiary/aromatic N) is 1. The first-order valence-corrected chi connectivity index (χ1v) is 7.43. The van der Waals surface area contributed by atoms with Gasteiger partial charge in [0.05, 0.1) is 12.8 Å².